The molecule has 0 saturated carbocycles. The van der Waals surface area contributed by atoms with Gasteiger partial charge in [0.1, 0.15) is 5.82 Å². The van der Waals surface area contributed by atoms with Gasteiger partial charge in [-0.05, 0) is 25.0 Å². The van der Waals surface area contributed by atoms with Gasteiger partial charge in [-0.15, -0.1) is 24.0 Å². The molecule has 0 fully saturated rings. The van der Waals surface area contributed by atoms with Crippen LogP contribution in [0.25, 0.3) is 11.3 Å². The number of guanidine groups is 1. The van der Waals surface area contributed by atoms with E-state index in [1.807, 2.05) is 48.4 Å². The largest absolute Gasteiger partial charge is 0.357 e. The van der Waals surface area contributed by atoms with Crippen molar-refractivity contribution in [2.75, 3.05) is 20.1 Å². The molecule has 0 spiro atoms. The number of halogens is 1. The van der Waals surface area contributed by atoms with Crippen LogP contribution in [0.15, 0.2) is 60.0 Å². The SMILES string of the molecule is CCNC(=NCCCn1cccn1)N(C)Cc1ncc(-c2ccccc2)[nH]1.I. The third-order valence-electron chi connectivity index (χ3n) is 4.16. The molecule has 0 radical (unpaired) electrons. The average Bonchev–Trinajstić information content (AvgIpc) is 3.37. The molecular weight excluding hydrogens is 465 g/mol. The van der Waals surface area contributed by atoms with Gasteiger partial charge in [0, 0.05) is 39.1 Å². The molecule has 0 bridgehead atoms. The molecule has 0 aliphatic carbocycles. The molecule has 2 heterocycles. The van der Waals surface area contributed by atoms with E-state index in [4.69, 9.17) is 4.99 Å². The van der Waals surface area contributed by atoms with Crippen molar-refractivity contribution in [1.29, 1.82) is 0 Å². The number of H-pyrrole nitrogens is 1. The van der Waals surface area contributed by atoms with Gasteiger partial charge < -0.3 is 15.2 Å². The molecule has 8 heteroatoms. The molecule has 1 aromatic carbocycles. The number of aromatic nitrogens is 4. The Kier molecular flexibility index (Phi) is 8.99. The molecule has 0 amide bonds. The summed E-state index contributed by atoms with van der Waals surface area (Å²) >= 11 is 0. The van der Waals surface area contributed by atoms with Crippen molar-refractivity contribution in [2.24, 2.45) is 4.99 Å². The van der Waals surface area contributed by atoms with Crippen LogP contribution in [0.4, 0.5) is 0 Å². The molecule has 0 saturated heterocycles. The van der Waals surface area contributed by atoms with Gasteiger partial charge in [-0.2, -0.15) is 5.10 Å². The summed E-state index contributed by atoms with van der Waals surface area (Å²) in [5.74, 6) is 1.80. The number of nitrogens with one attached hydrogen (secondary N) is 2. The van der Waals surface area contributed by atoms with E-state index in [-0.39, 0.29) is 24.0 Å². The highest BCUT2D eigenvalue weighted by molar-refractivity contribution is 14.0. The second-order valence-corrected chi connectivity index (χ2v) is 6.32. The Hall–Kier alpha value is -2.36. The molecule has 2 aromatic heterocycles. The maximum Gasteiger partial charge on any atom is 0.194 e. The minimum Gasteiger partial charge on any atom is -0.357 e. The highest BCUT2D eigenvalue weighted by atomic mass is 127. The number of rotatable bonds is 8. The number of aliphatic imine (C=N–C) groups is 1. The van der Waals surface area contributed by atoms with E-state index in [2.05, 4.69) is 44.3 Å². The molecule has 0 aliphatic heterocycles. The third-order valence-corrected chi connectivity index (χ3v) is 4.16. The number of aryl methyl sites for hydroxylation is 1. The monoisotopic (exact) mass is 493 g/mol. The van der Waals surface area contributed by atoms with Crippen LogP contribution in [0.2, 0.25) is 0 Å². The first-order valence-corrected chi connectivity index (χ1v) is 9.32. The number of hydrogen-bond donors (Lipinski definition) is 2. The van der Waals surface area contributed by atoms with Crippen LogP contribution in [0, 0.1) is 0 Å². The van der Waals surface area contributed by atoms with Gasteiger partial charge in [-0.3, -0.25) is 9.67 Å². The molecule has 7 nitrogen and oxygen atoms in total. The van der Waals surface area contributed by atoms with E-state index in [9.17, 15) is 0 Å². The zero-order valence-corrected chi connectivity index (χ0v) is 18.7. The molecule has 150 valence electrons. The fourth-order valence-electron chi connectivity index (χ4n) is 2.83. The lowest BCUT2D eigenvalue weighted by Gasteiger charge is -2.21. The lowest BCUT2D eigenvalue weighted by Crippen LogP contribution is -2.38. The van der Waals surface area contributed by atoms with E-state index in [0.29, 0.717) is 6.54 Å². The van der Waals surface area contributed by atoms with Crippen molar-refractivity contribution >= 4 is 29.9 Å². The summed E-state index contributed by atoms with van der Waals surface area (Å²) in [5, 5.41) is 7.56. The third kappa shape index (κ3) is 6.36. The summed E-state index contributed by atoms with van der Waals surface area (Å²) in [6.45, 7) is 5.19. The Morgan fingerprint density at radius 1 is 1.25 bits per heavy atom. The Morgan fingerprint density at radius 3 is 2.79 bits per heavy atom. The van der Waals surface area contributed by atoms with Crippen LogP contribution in [0.5, 0.6) is 0 Å². The number of hydrogen-bond acceptors (Lipinski definition) is 3. The fourth-order valence-corrected chi connectivity index (χ4v) is 2.83. The molecule has 2 N–H and O–H groups in total. The Labute approximate surface area is 183 Å². The van der Waals surface area contributed by atoms with Gasteiger partial charge in [-0.1, -0.05) is 30.3 Å². The summed E-state index contributed by atoms with van der Waals surface area (Å²) in [6.07, 6.45) is 6.60. The van der Waals surface area contributed by atoms with E-state index in [0.717, 1.165) is 49.1 Å². The first-order valence-electron chi connectivity index (χ1n) is 9.32. The summed E-state index contributed by atoms with van der Waals surface area (Å²) in [7, 11) is 2.03. The molecule has 0 atom stereocenters. The van der Waals surface area contributed by atoms with Gasteiger partial charge in [0.05, 0.1) is 18.4 Å². The standard InChI is InChI=1S/C20H27N7.HI/c1-3-21-20(22-11-7-13-27-14-8-12-24-27)26(2)16-19-23-15-18(25-19)17-9-5-4-6-10-17;/h4-6,8-10,12,14-15H,3,7,11,13,16H2,1-2H3,(H,21,22)(H,23,25);1H. The van der Waals surface area contributed by atoms with Crippen molar-refractivity contribution in [3.05, 3.63) is 60.8 Å². The smallest absolute Gasteiger partial charge is 0.194 e. The lowest BCUT2D eigenvalue weighted by molar-refractivity contribution is 0.462. The van der Waals surface area contributed by atoms with Crippen molar-refractivity contribution in [3.63, 3.8) is 0 Å². The van der Waals surface area contributed by atoms with Crippen molar-refractivity contribution in [1.82, 2.24) is 30.0 Å². The summed E-state index contributed by atoms with van der Waals surface area (Å²) in [4.78, 5) is 14.7. The molecule has 3 rings (SSSR count). The highest BCUT2D eigenvalue weighted by Crippen LogP contribution is 2.16. The van der Waals surface area contributed by atoms with Crippen LogP contribution in [-0.2, 0) is 13.1 Å². The van der Waals surface area contributed by atoms with Crippen molar-refractivity contribution < 1.29 is 0 Å². The maximum atomic E-state index is 4.72. The number of benzene rings is 1. The van der Waals surface area contributed by atoms with Crippen LogP contribution in [-0.4, -0.2) is 50.7 Å². The van der Waals surface area contributed by atoms with Crippen molar-refractivity contribution in [3.8, 4) is 11.3 Å². The predicted molar refractivity (Wildman–Crippen MR) is 124 cm³/mol. The molecule has 0 unspecified atom stereocenters. The predicted octanol–water partition coefficient (Wildman–Crippen LogP) is 3.38. The number of nitrogens with zero attached hydrogens (tertiary/aromatic N) is 5. The Balaban J connectivity index is 0.00000280. The topological polar surface area (TPSA) is 74.1 Å². The van der Waals surface area contributed by atoms with Gasteiger partial charge in [-0.25, -0.2) is 4.98 Å². The average molecular weight is 493 g/mol. The molecule has 28 heavy (non-hydrogen) atoms. The summed E-state index contributed by atoms with van der Waals surface area (Å²) < 4.78 is 1.93. The second kappa shape index (κ2) is 11.5. The van der Waals surface area contributed by atoms with Crippen LogP contribution in [0.1, 0.15) is 19.2 Å². The van der Waals surface area contributed by atoms with E-state index in [1.165, 1.54) is 0 Å². The second-order valence-electron chi connectivity index (χ2n) is 6.32. The van der Waals surface area contributed by atoms with Gasteiger partial charge in [0.25, 0.3) is 0 Å². The minimum absolute atomic E-state index is 0. The maximum absolute atomic E-state index is 4.72. The molecular formula is C20H28IN7. The summed E-state index contributed by atoms with van der Waals surface area (Å²) in [6, 6.07) is 12.2. The zero-order chi connectivity index (χ0) is 18.9. The first-order chi connectivity index (χ1) is 13.3. The zero-order valence-electron chi connectivity index (χ0n) is 16.4. The Bertz CT molecular complexity index is 827. The van der Waals surface area contributed by atoms with E-state index < -0.39 is 0 Å². The van der Waals surface area contributed by atoms with Crippen LogP contribution >= 0.6 is 24.0 Å². The fraction of sp³-hybridized carbons (Fsp3) is 0.350. The van der Waals surface area contributed by atoms with Gasteiger partial charge >= 0.3 is 0 Å². The number of imidazole rings is 1. The van der Waals surface area contributed by atoms with Crippen LogP contribution < -0.4 is 5.32 Å². The Morgan fingerprint density at radius 2 is 2.07 bits per heavy atom. The minimum atomic E-state index is 0. The van der Waals surface area contributed by atoms with Gasteiger partial charge in [0.2, 0.25) is 0 Å². The normalized spacial score (nSPS) is 11.1. The van der Waals surface area contributed by atoms with E-state index >= 15 is 0 Å². The van der Waals surface area contributed by atoms with E-state index in [1.54, 1.807) is 6.20 Å². The highest BCUT2D eigenvalue weighted by Gasteiger charge is 2.09. The lowest BCUT2D eigenvalue weighted by atomic mass is 10.2. The molecule has 3 aromatic rings. The van der Waals surface area contributed by atoms with Gasteiger partial charge in [0.15, 0.2) is 5.96 Å². The number of aromatic amines is 1. The van der Waals surface area contributed by atoms with Crippen molar-refractivity contribution in [2.45, 2.75) is 26.4 Å². The quantitative estimate of drug-likeness (QED) is 0.219. The first kappa shape index (κ1) is 21.9. The van der Waals surface area contributed by atoms with Crippen LogP contribution in [0.3, 0.4) is 0 Å². The summed E-state index contributed by atoms with van der Waals surface area (Å²) in [5.41, 5.74) is 2.17. The molecule has 0 aliphatic rings.